The number of carbonyl (C=O) groups is 1. The molecule has 0 unspecified atom stereocenters. The van der Waals surface area contributed by atoms with Gasteiger partial charge < -0.3 is 9.47 Å². The van der Waals surface area contributed by atoms with Crippen LogP contribution < -0.4 is 0 Å². The first-order valence-corrected chi connectivity index (χ1v) is 8.35. The van der Waals surface area contributed by atoms with E-state index in [1.165, 1.54) is 25.3 Å². The molecule has 0 saturated carbocycles. The van der Waals surface area contributed by atoms with E-state index in [9.17, 15) is 4.79 Å². The largest absolute Gasteiger partial charge is 0.465 e. The maximum absolute atomic E-state index is 11.2. The zero-order valence-corrected chi connectivity index (χ0v) is 14.1. The van der Waals surface area contributed by atoms with Crippen molar-refractivity contribution in [3.05, 3.63) is 11.6 Å². The van der Waals surface area contributed by atoms with Gasteiger partial charge in [-0.25, -0.2) is 0 Å². The third-order valence-corrected chi connectivity index (χ3v) is 5.74. The molecule has 3 nitrogen and oxygen atoms in total. The summed E-state index contributed by atoms with van der Waals surface area (Å²) < 4.78 is 11.7. The molecular formula is C18H30O3. The molecule has 3 heteroatoms. The Balaban J connectivity index is 2.23. The van der Waals surface area contributed by atoms with Crippen LogP contribution in [0.2, 0.25) is 0 Å². The molecule has 1 aliphatic heterocycles. The highest BCUT2D eigenvalue weighted by atomic mass is 16.5. The number of allylic oxidation sites excluding steroid dienone is 1. The molecule has 0 aromatic carbocycles. The van der Waals surface area contributed by atoms with Crippen molar-refractivity contribution in [3.8, 4) is 0 Å². The van der Waals surface area contributed by atoms with Crippen LogP contribution >= 0.6 is 0 Å². The Morgan fingerprint density at radius 3 is 2.81 bits per heavy atom. The van der Waals surface area contributed by atoms with Gasteiger partial charge in [-0.05, 0) is 25.2 Å². The highest BCUT2D eigenvalue weighted by Gasteiger charge is 2.53. The minimum absolute atomic E-state index is 0.0570. The van der Waals surface area contributed by atoms with Crippen molar-refractivity contribution in [1.82, 2.24) is 0 Å². The molecule has 2 bridgehead atoms. The lowest BCUT2D eigenvalue weighted by Crippen LogP contribution is -2.56. The molecule has 120 valence electrons. The van der Waals surface area contributed by atoms with Gasteiger partial charge in [0, 0.05) is 18.3 Å². The second kappa shape index (κ2) is 6.51. The molecule has 0 amide bonds. The Labute approximate surface area is 129 Å². The van der Waals surface area contributed by atoms with Gasteiger partial charge in [-0.2, -0.15) is 0 Å². The van der Waals surface area contributed by atoms with Crippen molar-refractivity contribution < 1.29 is 14.3 Å². The summed E-state index contributed by atoms with van der Waals surface area (Å²) in [6, 6.07) is 0. The number of hydrogen-bond acceptors (Lipinski definition) is 3. The average molecular weight is 294 g/mol. The van der Waals surface area contributed by atoms with Crippen LogP contribution in [0.4, 0.5) is 0 Å². The van der Waals surface area contributed by atoms with Crippen molar-refractivity contribution >= 4 is 5.97 Å². The van der Waals surface area contributed by atoms with Crippen LogP contribution in [0.25, 0.3) is 0 Å². The molecule has 0 radical (unpaired) electrons. The number of esters is 1. The van der Waals surface area contributed by atoms with Crippen molar-refractivity contribution in [1.29, 1.82) is 0 Å². The maximum atomic E-state index is 11.2. The minimum Gasteiger partial charge on any atom is -0.465 e. The molecule has 0 aromatic heterocycles. The predicted octanol–water partition coefficient (Wildman–Crippen LogP) is 3.97. The second-order valence-corrected chi connectivity index (χ2v) is 7.02. The Hall–Kier alpha value is -0.830. The highest BCUT2D eigenvalue weighted by Crippen LogP contribution is 2.53. The minimum atomic E-state index is -0.195. The van der Waals surface area contributed by atoms with Gasteiger partial charge in [-0.3, -0.25) is 4.79 Å². The Bertz CT molecular complexity index is 415. The van der Waals surface area contributed by atoms with Crippen LogP contribution in [-0.2, 0) is 14.3 Å². The lowest BCUT2D eigenvalue weighted by molar-refractivity contribution is -0.180. The van der Waals surface area contributed by atoms with E-state index in [4.69, 9.17) is 9.47 Å². The van der Waals surface area contributed by atoms with Crippen LogP contribution in [0.5, 0.6) is 0 Å². The van der Waals surface area contributed by atoms with E-state index in [0.29, 0.717) is 37.1 Å². The molecule has 1 aliphatic carbocycles. The fourth-order valence-electron chi connectivity index (χ4n) is 4.29. The second-order valence-electron chi connectivity index (χ2n) is 7.02. The normalized spacial score (nSPS) is 38.8. The van der Waals surface area contributed by atoms with Gasteiger partial charge in [0.1, 0.15) is 0 Å². The molecule has 2 aliphatic rings. The van der Waals surface area contributed by atoms with Crippen molar-refractivity contribution in [2.75, 3.05) is 13.2 Å². The molecule has 1 heterocycles. The molecule has 1 saturated heterocycles. The summed E-state index contributed by atoms with van der Waals surface area (Å²) in [5.41, 5.74) is 1.40. The van der Waals surface area contributed by atoms with Gasteiger partial charge in [0.25, 0.3) is 0 Å². The van der Waals surface area contributed by atoms with Crippen molar-refractivity contribution in [2.45, 2.75) is 60.0 Å². The summed E-state index contributed by atoms with van der Waals surface area (Å²) >= 11 is 0. The fraction of sp³-hybridized carbons (Fsp3) is 0.833. The Morgan fingerprint density at radius 2 is 2.19 bits per heavy atom. The standard InChI is InChI=1S/C18H30O3/c1-6-7-8-16-17-12(2)9-13(3)18(11-21-16,14(17)4)10-20-15(5)19/h9,13-14,16-17H,6-8,10-11H2,1-5H3/t13-,14-,16-,17+,18-/m1/s1. The van der Waals surface area contributed by atoms with E-state index in [1.807, 2.05) is 0 Å². The van der Waals surface area contributed by atoms with E-state index >= 15 is 0 Å². The van der Waals surface area contributed by atoms with E-state index in [-0.39, 0.29) is 11.4 Å². The summed E-state index contributed by atoms with van der Waals surface area (Å²) in [6.45, 7) is 11.7. The van der Waals surface area contributed by atoms with Crippen LogP contribution in [-0.4, -0.2) is 25.3 Å². The first-order valence-electron chi connectivity index (χ1n) is 8.35. The van der Waals surface area contributed by atoms with Crippen LogP contribution in [0.1, 0.15) is 53.9 Å². The predicted molar refractivity (Wildman–Crippen MR) is 83.9 cm³/mol. The molecule has 0 aromatic rings. The first-order chi connectivity index (χ1) is 9.92. The molecule has 2 rings (SSSR count). The first kappa shape index (κ1) is 16.5. The van der Waals surface area contributed by atoms with E-state index in [1.54, 1.807) is 0 Å². The maximum Gasteiger partial charge on any atom is 0.302 e. The van der Waals surface area contributed by atoms with Crippen molar-refractivity contribution in [3.63, 3.8) is 0 Å². The fourth-order valence-corrected chi connectivity index (χ4v) is 4.29. The summed E-state index contributed by atoms with van der Waals surface area (Å²) in [7, 11) is 0. The number of fused-ring (bicyclic) bond motifs is 2. The van der Waals surface area contributed by atoms with Gasteiger partial charge in [-0.15, -0.1) is 0 Å². The van der Waals surface area contributed by atoms with Crippen LogP contribution in [0.3, 0.4) is 0 Å². The summed E-state index contributed by atoms with van der Waals surface area (Å²) in [5, 5.41) is 0. The Morgan fingerprint density at radius 1 is 1.48 bits per heavy atom. The van der Waals surface area contributed by atoms with Gasteiger partial charge in [0.05, 0.1) is 19.3 Å². The molecule has 21 heavy (non-hydrogen) atoms. The zero-order valence-electron chi connectivity index (χ0n) is 14.1. The summed E-state index contributed by atoms with van der Waals surface area (Å²) in [6.07, 6.45) is 6.27. The smallest absolute Gasteiger partial charge is 0.302 e. The third-order valence-electron chi connectivity index (χ3n) is 5.74. The number of unbranched alkanes of at least 4 members (excludes halogenated alkanes) is 1. The summed E-state index contributed by atoms with van der Waals surface area (Å²) in [5.74, 6) is 1.15. The monoisotopic (exact) mass is 294 g/mol. The third kappa shape index (κ3) is 3.03. The molecule has 1 fully saturated rings. The number of hydrogen-bond donors (Lipinski definition) is 0. The number of ether oxygens (including phenoxy) is 2. The average Bonchev–Trinajstić information content (AvgIpc) is 2.42. The summed E-state index contributed by atoms with van der Waals surface area (Å²) in [4.78, 5) is 11.2. The van der Waals surface area contributed by atoms with Crippen LogP contribution in [0.15, 0.2) is 11.6 Å². The number of rotatable bonds is 5. The molecule has 0 N–H and O–H groups in total. The van der Waals surface area contributed by atoms with Gasteiger partial charge in [0.15, 0.2) is 0 Å². The lowest BCUT2D eigenvalue weighted by Gasteiger charge is -2.55. The molecular weight excluding hydrogens is 264 g/mol. The van der Waals surface area contributed by atoms with E-state index in [0.717, 1.165) is 6.42 Å². The topological polar surface area (TPSA) is 35.5 Å². The van der Waals surface area contributed by atoms with Crippen molar-refractivity contribution in [2.24, 2.45) is 23.2 Å². The van der Waals surface area contributed by atoms with Crippen LogP contribution in [0, 0.1) is 23.2 Å². The van der Waals surface area contributed by atoms with Gasteiger partial charge in [0.2, 0.25) is 0 Å². The van der Waals surface area contributed by atoms with E-state index < -0.39 is 0 Å². The van der Waals surface area contributed by atoms with E-state index in [2.05, 4.69) is 33.8 Å². The lowest BCUT2D eigenvalue weighted by atomic mass is 9.56. The molecule has 5 atom stereocenters. The number of carbonyl (C=O) groups excluding carboxylic acids is 1. The SMILES string of the molecule is CCCC[C@H]1OC[C@]2(COC(C)=O)[C@H](C)C=C(C)[C@H]1[C@H]2C. The quantitative estimate of drug-likeness (QED) is 0.568. The van der Waals surface area contributed by atoms with Gasteiger partial charge in [-0.1, -0.05) is 45.3 Å². The zero-order chi connectivity index (χ0) is 15.6. The molecule has 0 spiro atoms. The van der Waals surface area contributed by atoms with Gasteiger partial charge >= 0.3 is 5.97 Å². The highest BCUT2D eigenvalue weighted by molar-refractivity contribution is 5.65. The Kier molecular flexibility index (Phi) is 5.13.